The highest BCUT2D eigenvalue weighted by atomic mass is 32.2. The van der Waals surface area contributed by atoms with Crippen LogP contribution in [0.1, 0.15) is 70.6 Å². The molecule has 0 aromatic heterocycles. The fourth-order valence-corrected chi connectivity index (χ4v) is 12.2. The Labute approximate surface area is 285 Å². The van der Waals surface area contributed by atoms with E-state index in [1.807, 2.05) is 0 Å². The maximum Gasteiger partial charge on any atom is 0.123 e. The first kappa shape index (κ1) is 28.8. The maximum absolute atomic E-state index is 7.00. The Morgan fingerprint density at radius 1 is 0.766 bits per heavy atom. The molecule has 9 atom stereocenters. The minimum Gasteiger partial charge on any atom is -0.488 e. The lowest BCUT2D eigenvalue weighted by molar-refractivity contribution is 0.0952. The lowest BCUT2D eigenvalue weighted by atomic mass is 9.66. The van der Waals surface area contributed by atoms with Gasteiger partial charge in [-0.2, -0.15) is 0 Å². The number of hydrogen-bond acceptors (Lipinski definition) is 3. The minimum absolute atomic E-state index is 0.243. The van der Waals surface area contributed by atoms with Crippen molar-refractivity contribution in [1.82, 2.24) is 4.90 Å². The summed E-state index contributed by atoms with van der Waals surface area (Å²) in [6, 6.07) is 0.615. The average molecular weight is 638 g/mol. The van der Waals surface area contributed by atoms with Crippen molar-refractivity contribution in [1.29, 1.82) is 0 Å². The van der Waals surface area contributed by atoms with Gasteiger partial charge in [0.15, 0.2) is 0 Å². The fraction of sp³-hybridized carbons (Fsp3) is 0.455. The highest BCUT2D eigenvalue weighted by molar-refractivity contribution is 8.04. The van der Waals surface area contributed by atoms with Crippen molar-refractivity contribution in [2.75, 3.05) is 0 Å². The van der Waals surface area contributed by atoms with Crippen LogP contribution in [0, 0.1) is 29.6 Å². The molecule has 2 aliphatic heterocycles. The Bertz CT molecular complexity index is 1730. The first-order valence-electron chi connectivity index (χ1n) is 18.8. The molecule has 47 heavy (non-hydrogen) atoms. The van der Waals surface area contributed by atoms with E-state index >= 15 is 0 Å². The van der Waals surface area contributed by atoms with Crippen molar-refractivity contribution in [3.8, 4) is 0 Å². The van der Waals surface area contributed by atoms with E-state index in [0.717, 1.165) is 12.8 Å². The molecular formula is C44H47NOS. The van der Waals surface area contributed by atoms with Crippen LogP contribution >= 0.6 is 11.8 Å². The first-order chi connectivity index (χ1) is 23.3. The fourth-order valence-electron chi connectivity index (χ4n) is 10.6. The Kier molecular flexibility index (Phi) is 7.21. The van der Waals surface area contributed by atoms with Crippen LogP contribution in [0.3, 0.4) is 0 Å². The highest BCUT2D eigenvalue weighted by Crippen LogP contribution is 2.57. The van der Waals surface area contributed by atoms with Gasteiger partial charge < -0.3 is 9.64 Å². The maximum atomic E-state index is 7.00. The predicted octanol–water partition coefficient (Wildman–Crippen LogP) is 10.5. The van der Waals surface area contributed by atoms with Crippen molar-refractivity contribution in [2.45, 2.75) is 94.1 Å². The van der Waals surface area contributed by atoms with Gasteiger partial charge >= 0.3 is 0 Å². The number of rotatable bonds is 4. The largest absolute Gasteiger partial charge is 0.488 e. The molecule has 8 aliphatic carbocycles. The zero-order valence-electron chi connectivity index (χ0n) is 27.5. The van der Waals surface area contributed by atoms with Crippen LogP contribution in [0.2, 0.25) is 0 Å². The Morgan fingerprint density at radius 2 is 1.68 bits per heavy atom. The molecule has 10 rings (SSSR count). The number of fused-ring (bicyclic) bond motifs is 7. The number of thioether (sulfide) groups is 1. The van der Waals surface area contributed by atoms with Crippen molar-refractivity contribution in [2.24, 2.45) is 29.6 Å². The van der Waals surface area contributed by atoms with Gasteiger partial charge in [0.05, 0.1) is 12.1 Å². The van der Waals surface area contributed by atoms with E-state index in [1.54, 1.807) is 21.6 Å². The van der Waals surface area contributed by atoms with Crippen molar-refractivity contribution in [3.63, 3.8) is 0 Å². The molecule has 0 saturated carbocycles. The van der Waals surface area contributed by atoms with Gasteiger partial charge in [-0.3, -0.25) is 0 Å². The van der Waals surface area contributed by atoms with Crippen LogP contribution in [0.25, 0.3) is 0 Å². The van der Waals surface area contributed by atoms with Gasteiger partial charge in [-0.05, 0) is 110 Å². The van der Waals surface area contributed by atoms with E-state index in [4.69, 9.17) is 4.74 Å². The van der Waals surface area contributed by atoms with Crippen LogP contribution in [0.15, 0.2) is 141 Å². The lowest BCUT2D eigenvalue weighted by Crippen LogP contribution is -2.45. The molecular weight excluding hydrogens is 591 g/mol. The molecule has 240 valence electrons. The van der Waals surface area contributed by atoms with Gasteiger partial charge in [0.25, 0.3) is 0 Å². The summed E-state index contributed by atoms with van der Waals surface area (Å²) in [5.41, 5.74) is 9.52. The third-order valence-electron chi connectivity index (χ3n) is 12.8. The van der Waals surface area contributed by atoms with E-state index in [1.165, 1.54) is 80.4 Å². The summed E-state index contributed by atoms with van der Waals surface area (Å²) in [5.74, 6) is 3.82. The molecule has 0 spiro atoms. The molecule has 2 nitrogen and oxygen atoms in total. The molecule has 9 unspecified atom stereocenters. The summed E-state index contributed by atoms with van der Waals surface area (Å²) in [4.78, 5) is 4.57. The zero-order chi connectivity index (χ0) is 30.9. The lowest BCUT2D eigenvalue weighted by Gasteiger charge is -2.45. The Hall–Kier alpha value is -3.17. The van der Waals surface area contributed by atoms with Crippen molar-refractivity contribution >= 4 is 11.8 Å². The van der Waals surface area contributed by atoms with Gasteiger partial charge in [0.1, 0.15) is 11.9 Å². The molecule has 0 saturated heterocycles. The topological polar surface area (TPSA) is 12.5 Å². The van der Waals surface area contributed by atoms with Gasteiger partial charge in [0.2, 0.25) is 0 Å². The summed E-state index contributed by atoms with van der Waals surface area (Å²) in [6.45, 7) is 0. The summed E-state index contributed by atoms with van der Waals surface area (Å²) in [6.07, 6.45) is 52.9. The smallest absolute Gasteiger partial charge is 0.123 e. The van der Waals surface area contributed by atoms with Gasteiger partial charge in [-0.15, -0.1) is 11.8 Å². The monoisotopic (exact) mass is 637 g/mol. The van der Waals surface area contributed by atoms with E-state index in [9.17, 15) is 0 Å². The molecule has 0 aromatic rings. The molecule has 3 heteroatoms. The second-order valence-corrected chi connectivity index (χ2v) is 16.6. The summed E-state index contributed by atoms with van der Waals surface area (Å²) >= 11 is 2.19. The van der Waals surface area contributed by atoms with E-state index in [0.29, 0.717) is 46.9 Å². The number of ether oxygens (including phenoxy) is 1. The molecule has 10 aliphatic rings. The molecule has 0 amide bonds. The second-order valence-electron chi connectivity index (χ2n) is 15.3. The normalized spacial score (nSPS) is 39.1. The van der Waals surface area contributed by atoms with Crippen LogP contribution in [0.4, 0.5) is 0 Å². The molecule has 0 fully saturated rings. The highest BCUT2D eigenvalue weighted by Gasteiger charge is 2.46. The SMILES string of the molecule is C1=CCC(C2=CC(N(C3=CC4C5=C(C=CC4C=C3)C=CC3SC4=C(CCCC4)C53)C3CCCC4=C3OC3C=CCCC43)CC=C2)C=C1. The van der Waals surface area contributed by atoms with Crippen LogP contribution < -0.4 is 0 Å². The Morgan fingerprint density at radius 3 is 2.64 bits per heavy atom. The molecule has 0 bridgehead atoms. The van der Waals surface area contributed by atoms with Gasteiger partial charge in [-0.25, -0.2) is 0 Å². The summed E-state index contributed by atoms with van der Waals surface area (Å²) < 4.78 is 7.00. The van der Waals surface area contributed by atoms with E-state index < -0.39 is 0 Å². The molecule has 0 aromatic carbocycles. The predicted molar refractivity (Wildman–Crippen MR) is 195 cm³/mol. The molecule has 2 heterocycles. The number of nitrogens with zero attached hydrogens (tertiary/aromatic N) is 1. The van der Waals surface area contributed by atoms with Crippen LogP contribution in [-0.2, 0) is 4.74 Å². The van der Waals surface area contributed by atoms with Crippen LogP contribution in [-0.4, -0.2) is 28.3 Å². The summed E-state index contributed by atoms with van der Waals surface area (Å²) in [5, 5.41) is 0.587. The number of allylic oxidation sites excluding steroid dienone is 17. The van der Waals surface area contributed by atoms with Crippen molar-refractivity contribution < 1.29 is 4.74 Å². The Balaban J connectivity index is 1.07. The third-order valence-corrected chi connectivity index (χ3v) is 14.2. The second kappa shape index (κ2) is 11.8. The average Bonchev–Trinajstić information content (AvgIpc) is 3.71. The third kappa shape index (κ3) is 4.81. The molecule has 0 N–H and O–H groups in total. The zero-order valence-corrected chi connectivity index (χ0v) is 28.3. The minimum atomic E-state index is 0.243. The quantitative estimate of drug-likeness (QED) is 0.285. The number of hydrogen-bond donors (Lipinski definition) is 0. The standard InChI is InChI=1S/C44H47NOS/c1-2-10-28(11-3-1)31-12-8-13-32(26-31)45(38-17-9-16-35-34-14-4-6-18-39(34)46-44(35)38)33-24-22-29-20-21-30-23-25-41-43(42(30)37(29)27-33)36-15-5-7-19-40(36)47-41/h1-3,6,8,10,12,18,20-29,32,34,37-39,41,43H,4-5,7,9,11,13-17,19H2. The van der Waals surface area contributed by atoms with E-state index in [-0.39, 0.29) is 6.10 Å². The molecule has 0 radical (unpaired) electrons. The van der Waals surface area contributed by atoms with E-state index in [2.05, 4.69) is 114 Å². The first-order valence-corrected chi connectivity index (χ1v) is 19.6. The van der Waals surface area contributed by atoms with Gasteiger partial charge in [0, 0.05) is 40.5 Å². The summed E-state index contributed by atoms with van der Waals surface area (Å²) in [7, 11) is 0. The van der Waals surface area contributed by atoms with Gasteiger partial charge in [-0.1, -0.05) is 90.6 Å². The van der Waals surface area contributed by atoms with Crippen LogP contribution in [0.5, 0.6) is 0 Å². The van der Waals surface area contributed by atoms with Crippen molar-refractivity contribution in [3.05, 3.63) is 141 Å².